The summed E-state index contributed by atoms with van der Waals surface area (Å²) in [6.07, 6.45) is -0.246. The number of anilines is 2. The summed E-state index contributed by atoms with van der Waals surface area (Å²) in [6.45, 7) is 9.17. The third-order valence-corrected chi connectivity index (χ3v) is 5.65. The topological polar surface area (TPSA) is 105 Å². The number of hydrogen-bond donors (Lipinski definition) is 2. The van der Waals surface area contributed by atoms with Gasteiger partial charge in [0.05, 0.1) is 0 Å². The second kappa shape index (κ2) is 11.4. The number of benzene rings is 2. The Morgan fingerprint density at radius 2 is 1.69 bits per heavy atom. The van der Waals surface area contributed by atoms with E-state index in [1.54, 1.807) is 49.4 Å². The summed E-state index contributed by atoms with van der Waals surface area (Å²) < 4.78 is 4.96. The molecule has 0 aliphatic heterocycles. The molecular formula is C27H31ClN4O4. The predicted octanol–water partition coefficient (Wildman–Crippen LogP) is 5.35. The van der Waals surface area contributed by atoms with E-state index >= 15 is 0 Å². The molecule has 190 valence electrons. The van der Waals surface area contributed by atoms with Gasteiger partial charge >= 0.3 is 0 Å². The number of aromatic nitrogens is 1. The molecule has 0 fully saturated rings. The summed E-state index contributed by atoms with van der Waals surface area (Å²) in [5, 5.41) is 9.70. The van der Waals surface area contributed by atoms with Gasteiger partial charge < -0.3 is 15.2 Å². The number of para-hydroxylation sites is 1. The van der Waals surface area contributed by atoms with Crippen molar-refractivity contribution in [3.63, 3.8) is 0 Å². The van der Waals surface area contributed by atoms with Crippen LogP contribution >= 0.6 is 11.6 Å². The Morgan fingerprint density at radius 1 is 1.03 bits per heavy atom. The van der Waals surface area contributed by atoms with Gasteiger partial charge in [-0.25, -0.2) is 0 Å². The molecule has 8 nitrogen and oxygen atoms in total. The number of rotatable bonds is 8. The highest BCUT2D eigenvalue weighted by molar-refractivity contribution is 6.31. The van der Waals surface area contributed by atoms with Crippen molar-refractivity contribution in [2.24, 2.45) is 0 Å². The molecule has 0 aliphatic rings. The summed E-state index contributed by atoms with van der Waals surface area (Å²) in [7, 11) is 0. The highest BCUT2D eigenvalue weighted by Crippen LogP contribution is 2.34. The Kier molecular flexibility index (Phi) is 8.53. The first-order chi connectivity index (χ1) is 17.0. The van der Waals surface area contributed by atoms with Crippen molar-refractivity contribution in [3.8, 4) is 0 Å². The van der Waals surface area contributed by atoms with Crippen LogP contribution in [0.25, 0.3) is 0 Å². The predicted molar refractivity (Wildman–Crippen MR) is 140 cm³/mol. The van der Waals surface area contributed by atoms with Crippen LogP contribution in [0.15, 0.2) is 59.1 Å². The lowest BCUT2D eigenvalue weighted by Gasteiger charge is -2.35. The Balaban J connectivity index is 1.98. The number of aryl methyl sites for hydroxylation is 2. The standard InChI is InChI=1S/C27H31ClN4O4/c1-17-10-6-9-13-21(17)32(24(34)15-14-23(33)29-22-16-18(2)36-31-22)25(26(35)30-27(3,4)5)19-11-7-8-12-20(19)28/h6-13,16,25H,14-15H2,1-5H3,(H,30,35)(H,29,31,33)/t25-/m1/s1. The fourth-order valence-electron chi connectivity index (χ4n) is 3.76. The molecule has 0 saturated carbocycles. The third kappa shape index (κ3) is 6.95. The Bertz CT molecular complexity index is 1250. The lowest BCUT2D eigenvalue weighted by atomic mass is 9.99. The van der Waals surface area contributed by atoms with Crippen molar-refractivity contribution >= 4 is 40.8 Å². The maximum Gasteiger partial charge on any atom is 0.248 e. The SMILES string of the molecule is Cc1cc(NC(=O)CCC(=O)N(c2ccccc2C)[C@@H](C(=O)NC(C)(C)C)c2ccccc2Cl)no1. The molecule has 0 spiro atoms. The van der Waals surface area contributed by atoms with Crippen LogP contribution in [0.1, 0.15) is 56.5 Å². The van der Waals surface area contributed by atoms with E-state index in [-0.39, 0.29) is 24.6 Å². The van der Waals surface area contributed by atoms with Crippen LogP contribution < -0.4 is 15.5 Å². The molecule has 2 N–H and O–H groups in total. The maximum atomic E-state index is 13.7. The molecular weight excluding hydrogens is 480 g/mol. The molecule has 3 amide bonds. The first kappa shape index (κ1) is 26.9. The molecule has 3 aromatic rings. The largest absolute Gasteiger partial charge is 0.360 e. The molecule has 36 heavy (non-hydrogen) atoms. The molecule has 0 radical (unpaired) electrons. The van der Waals surface area contributed by atoms with Gasteiger partial charge in [0.1, 0.15) is 11.8 Å². The van der Waals surface area contributed by atoms with Crippen LogP contribution in [0.4, 0.5) is 11.5 Å². The summed E-state index contributed by atoms with van der Waals surface area (Å²) in [6, 6.07) is 14.8. The van der Waals surface area contributed by atoms with E-state index in [4.69, 9.17) is 16.1 Å². The molecule has 0 bridgehead atoms. The van der Waals surface area contributed by atoms with Gasteiger partial charge in [0.25, 0.3) is 0 Å². The molecule has 1 heterocycles. The highest BCUT2D eigenvalue weighted by Gasteiger charge is 2.36. The average Bonchev–Trinajstić information content (AvgIpc) is 3.20. The van der Waals surface area contributed by atoms with E-state index in [2.05, 4.69) is 15.8 Å². The number of carbonyl (C=O) groups excluding carboxylic acids is 3. The van der Waals surface area contributed by atoms with Gasteiger partial charge in [-0.3, -0.25) is 19.3 Å². The van der Waals surface area contributed by atoms with Gasteiger partial charge in [0.15, 0.2) is 5.82 Å². The minimum atomic E-state index is -1.05. The summed E-state index contributed by atoms with van der Waals surface area (Å²) in [5.74, 6) is -0.340. The van der Waals surface area contributed by atoms with E-state index in [1.165, 1.54) is 4.90 Å². The van der Waals surface area contributed by atoms with Gasteiger partial charge in [-0.1, -0.05) is 53.2 Å². The Labute approximate surface area is 216 Å². The van der Waals surface area contributed by atoms with E-state index in [1.807, 2.05) is 39.8 Å². The zero-order chi connectivity index (χ0) is 26.5. The number of hydrogen-bond acceptors (Lipinski definition) is 5. The van der Waals surface area contributed by atoms with Crippen LogP contribution in [-0.2, 0) is 14.4 Å². The number of amides is 3. The normalized spacial score (nSPS) is 12.1. The average molecular weight is 511 g/mol. The van der Waals surface area contributed by atoms with Gasteiger partial charge in [-0.2, -0.15) is 0 Å². The first-order valence-corrected chi connectivity index (χ1v) is 12.0. The minimum Gasteiger partial charge on any atom is -0.360 e. The zero-order valence-corrected chi connectivity index (χ0v) is 21.8. The van der Waals surface area contributed by atoms with Crippen LogP contribution in [0.3, 0.4) is 0 Å². The number of nitrogens with zero attached hydrogens (tertiary/aromatic N) is 2. The minimum absolute atomic E-state index is 0.108. The van der Waals surface area contributed by atoms with Crippen LogP contribution in [0, 0.1) is 13.8 Å². The molecule has 0 aliphatic carbocycles. The fraction of sp³-hybridized carbons (Fsp3) is 0.333. The van der Waals surface area contributed by atoms with Crippen LogP contribution in [-0.4, -0.2) is 28.4 Å². The number of nitrogens with one attached hydrogen (secondary N) is 2. The van der Waals surface area contributed by atoms with Crippen molar-refractivity contribution < 1.29 is 18.9 Å². The molecule has 0 unspecified atom stereocenters. The summed E-state index contributed by atoms with van der Waals surface area (Å²) in [4.78, 5) is 41.3. The second-order valence-corrected chi connectivity index (χ2v) is 9.99. The molecule has 9 heteroatoms. The first-order valence-electron chi connectivity index (χ1n) is 11.6. The van der Waals surface area contributed by atoms with E-state index in [0.29, 0.717) is 22.0 Å². The monoisotopic (exact) mass is 510 g/mol. The van der Waals surface area contributed by atoms with Gasteiger partial charge in [-0.05, 0) is 52.3 Å². The van der Waals surface area contributed by atoms with E-state index in [0.717, 1.165) is 5.56 Å². The van der Waals surface area contributed by atoms with Crippen molar-refractivity contribution in [2.75, 3.05) is 10.2 Å². The van der Waals surface area contributed by atoms with Gasteiger partial charge in [0, 0.05) is 40.7 Å². The highest BCUT2D eigenvalue weighted by atomic mass is 35.5. The molecule has 1 aromatic heterocycles. The van der Waals surface area contributed by atoms with E-state index < -0.39 is 23.4 Å². The van der Waals surface area contributed by atoms with Crippen molar-refractivity contribution in [3.05, 3.63) is 76.5 Å². The maximum absolute atomic E-state index is 13.7. The summed E-state index contributed by atoms with van der Waals surface area (Å²) in [5.41, 5.74) is 1.30. The van der Waals surface area contributed by atoms with Crippen molar-refractivity contribution in [2.45, 2.75) is 59.0 Å². The Morgan fingerprint density at radius 3 is 2.31 bits per heavy atom. The third-order valence-electron chi connectivity index (χ3n) is 5.31. The van der Waals surface area contributed by atoms with Crippen LogP contribution in [0.5, 0.6) is 0 Å². The number of carbonyl (C=O) groups is 3. The quantitative estimate of drug-likeness (QED) is 0.425. The molecule has 2 aromatic carbocycles. The Hall–Kier alpha value is -3.65. The van der Waals surface area contributed by atoms with Crippen molar-refractivity contribution in [1.29, 1.82) is 0 Å². The molecule has 3 rings (SSSR count). The lowest BCUT2D eigenvalue weighted by molar-refractivity contribution is -0.128. The second-order valence-electron chi connectivity index (χ2n) is 9.58. The lowest BCUT2D eigenvalue weighted by Crippen LogP contribution is -2.49. The number of halogens is 1. The van der Waals surface area contributed by atoms with Gasteiger partial charge in [0.2, 0.25) is 17.7 Å². The van der Waals surface area contributed by atoms with E-state index in [9.17, 15) is 14.4 Å². The molecule has 0 saturated heterocycles. The summed E-state index contributed by atoms with van der Waals surface area (Å²) >= 11 is 6.53. The zero-order valence-electron chi connectivity index (χ0n) is 21.1. The van der Waals surface area contributed by atoms with Crippen LogP contribution in [0.2, 0.25) is 5.02 Å². The smallest absolute Gasteiger partial charge is 0.248 e. The van der Waals surface area contributed by atoms with Crippen molar-refractivity contribution in [1.82, 2.24) is 10.5 Å². The molecule has 1 atom stereocenters. The fourth-order valence-corrected chi connectivity index (χ4v) is 3.99. The van der Waals surface area contributed by atoms with Gasteiger partial charge in [-0.15, -0.1) is 0 Å².